The maximum atomic E-state index is 12.7. The van der Waals surface area contributed by atoms with Crippen LogP contribution in [0.2, 0.25) is 0 Å². The molecular formula is C6H9FOS2. The topological polar surface area (TPSA) is 17.1 Å². The summed E-state index contributed by atoms with van der Waals surface area (Å²) in [6.07, 6.45) is 3.49. The lowest BCUT2D eigenvalue weighted by atomic mass is 10.4. The molecule has 1 nitrogen and oxygen atoms in total. The first-order chi connectivity index (χ1) is 4.63. The van der Waals surface area contributed by atoms with Gasteiger partial charge in [0.1, 0.15) is 0 Å². The summed E-state index contributed by atoms with van der Waals surface area (Å²) in [5.74, 6) is -1.13. The van der Waals surface area contributed by atoms with Gasteiger partial charge in [-0.15, -0.1) is 23.5 Å². The van der Waals surface area contributed by atoms with Crippen molar-refractivity contribution in [2.75, 3.05) is 12.5 Å². The molecule has 0 saturated heterocycles. The van der Waals surface area contributed by atoms with Crippen molar-refractivity contribution >= 4 is 29.3 Å². The molecule has 4 heteroatoms. The quantitative estimate of drug-likeness (QED) is 0.621. The minimum Gasteiger partial charge on any atom is -0.292 e. The molecule has 0 aliphatic carbocycles. The lowest BCUT2D eigenvalue weighted by molar-refractivity contribution is -0.114. The molecule has 0 aromatic heterocycles. The van der Waals surface area contributed by atoms with Gasteiger partial charge in [0.05, 0.1) is 4.24 Å². The highest BCUT2D eigenvalue weighted by molar-refractivity contribution is 8.21. The summed E-state index contributed by atoms with van der Waals surface area (Å²) in [5, 5.41) is 0. The molecule has 0 unspecified atom stereocenters. The molecule has 0 amide bonds. The summed E-state index contributed by atoms with van der Waals surface area (Å²) < 4.78 is 13.1. The smallest absolute Gasteiger partial charge is 0.189 e. The Morgan fingerprint density at radius 3 is 1.80 bits per heavy atom. The Morgan fingerprint density at radius 2 is 1.70 bits per heavy atom. The summed E-state index contributed by atoms with van der Waals surface area (Å²) in [5.41, 5.74) is 0. The lowest BCUT2D eigenvalue weighted by Gasteiger charge is -1.98. The Kier molecular flexibility index (Phi) is 4.81. The van der Waals surface area contributed by atoms with Gasteiger partial charge < -0.3 is 0 Å². The fourth-order valence-electron chi connectivity index (χ4n) is 0.406. The van der Waals surface area contributed by atoms with E-state index in [1.54, 1.807) is 12.5 Å². The van der Waals surface area contributed by atoms with Crippen LogP contribution in [-0.2, 0) is 4.79 Å². The fourth-order valence-corrected chi connectivity index (χ4v) is 1.72. The van der Waals surface area contributed by atoms with Crippen molar-refractivity contribution in [3.05, 3.63) is 10.1 Å². The Balaban J connectivity index is 4.43. The van der Waals surface area contributed by atoms with Gasteiger partial charge in [-0.2, -0.15) is 0 Å². The van der Waals surface area contributed by atoms with Crippen LogP contribution in [0.4, 0.5) is 4.39 Å². The van der Waals surface area contributed by atoms with E-state index in [1.165, 1.54) is 30.4 Å². The van der Waals surface area contributed by atoms with Crippen LogP contribution in [0, 0.1) is 0 Å². The van der Waals surface area contributed by atoms with Gasteiger partial charge in [0.25, 0.3) is 0 Å². The van der Waals surface area contributed by atoms with E-state index in [-0.39, 0.29) is 0 Å². The van der Waals surface area contributed by atoms with Gasteiger partial charge in [-0.05, 0) is 12.5 Å². The third-order valence-corrected chi connectivity index (χ3v) is 2.96. The van der Waals surface area contributed by atoms with E-state index >= 15 is 0 Å². The van der Waals surface area contributed by atoms with Crippen molar-refractivity contribution in [1.29, 1.82) is 0 Å². The number of thioether (sulfide) groups is 2. The Labute approximate surface area is 68.4 Å². The Hall–Kier alpha value is 0.0400. The maximum Gasteiger partial charge on any atom is 0.189 e. The number of hydrogen-bond acceptors (Lipinski definition) is 3. The molecule has 0 atom stereocenters. The summed E-state index contributed by atoms with van der Waals surface area (Å²) in [4.78, 5) is 10.4. The monoisotopic (exact) mass is 180 g/mol. The molecule has 0 aromatic carbocycles. The normalized spacial score (nSPS) is 9.20. The molecule has 0 aliphatic heterocycles. The van der Waals surface area contributed by atoms with Gasteiger partial charge in [-0.1, -0.05) is 0 Å². The minimum absolute atomic E-state index is 0.451. The van der Waals surface area contributed by atoms with E-state index < -0.39 is 11.6 Å². The molecule has 0 aromatic rings. The molecule has 10 heavy (non-hydrogen) atoms. The van der Waals surface area contributed by atoms with Gasteiger partial charge in [0.2, 0.25) is 0 Å². The first-order valence-corrected chi connectivity index (χ1v) is 5.07. The van der Waals surface area contributed by atoms with Crippen LogP contribution in [0.5, 0.6) is 0 Å². The third kappa shape index (κ3) is 2.75. The SMILES string of the molecule is CSC(SC)=C(F)C(C)=O. The highest BCUT2D eigenvalue weighted by Crippen LogP contribution is 2.28. The van der Waals surface area contributed by atoms with Gasteiger partial charge in [0, 0.05) is 6.92 Å². The molecule has 0 N–H and O–H groups in total. The molecular weight excluding hydrogens is 171 g/mol. The van der Waals surface area contributed by atoms with Crippen molar-refractivity contribution in [2.24, 2.45) is 0 Å². The van der Waals surface area contributed by atoms with Crippen LogP contribution >= 0.6 is 23.5 Å². The molecule has 0 aliphatic rings. The molecule has 0 saturated carbocycles. The van der Waals surface area contributed by atoms with Crippen LogP contribution in [-0.4, -0.2) is 18.3 Å². The van der Waals surface area contributed by atoms with Crippen LogP contribution in [0.3, 0.4) is 0 Å². The number of hydrogen-bond donors (Lipinski definition) is 0. The van der Waals surface area contributed by atoms with E-state index in [2.05, 4.69) is 0 Å². The maximum absolute atomic E-state index is 12.7. The first kappa shape index (κ1) is 10.0. The molecule has 0 radical (unpaired) electrons. The van der Waals surface area contributed by atoms with Crippen molar-refractivity contribution in [3.63, 3.8) is 0 Å². The first-order valence-electron chi connectivity index (χ1n) is 2.62. The zero-order valence-corrected chi connectivity index (χ0v) is 7.74. The molecule has 0 fully saturated rings. The summed E-state index contributed by atoms with van der Waals surface area (Å²) in [6, 6.07) is 0. The summed E-state index contributed by atoms with van der Waals surface area (Å²) in [6.45, 7) is 1.22. The predicted octanol–water partition coefficient (Wildman–Crippen LogP) is 2.44. The molecule has 58 valence electrons. The zero-order valence-electron chi connectivity index (χ0n) is 6.10. The Bertz CT molecular complexity index is 159. The van der Waals surface area contributed by atoms with E-state index in [9.17, 15) is 9.18 Å². The van der Waals surface area contributed by atoms with Crippen LogP contribution in [0.1, 0.15) is 6.92 Å². The second kappa shape index (κ2) is 4.79. The highest BCUT2D eigenvalue weighted by Gasteiger charge is 2.08. The minimum atomic E-state index is -0.625. The predicted molar refractivity (Wildman–Crippen MR) is 45.8 cm³/mol. The van der Waals surface area contributed by atoms with Crippen LogP contribution in [0.15, 0.2) is 10.1 Å². The van der Waals surface area contributed by atoms with Gasteiger partial charge in [-0.3, -0.25) is 4.79 Å². The third-order valence-electron chi connectivity index (χ3n) is 0.859. The van der Waals surface area contributed by atoms with Crippen molar-refractivity contribution in [3.8, 4) is 0 Å². The highest BCUT2D eigenvalue weighted by atomic mass is 32.2. The van der Waals surface area contributed by atoms with E-state index in [1.807, 2.05) is 0 Å². The summed E-state index contributed by atoms with van der Waals surface area (Å²) in [7, 11) is 0. The second-order valence-electron chi connectivity index (χ2n) is 1.57. The van der Waals surface area contributed by atoms with Gasteiger partial charge in [0.15, 0.2) is 11.6 Å². The number of allylic oxidation sites excluding steroid dienone is 1. The molecule has 0 rings (SSSR count). The molecule has 0 heterocycles. The lowest BCUT2D eigenvalue weighted by Crippen LogP contribution is -1.91. The second-order valence-corrected chi connectivity index (χ2v) is 3.46. The van der Waals surface area contributed by atoms with Crippen molar-refractivity contribution < 1.29 is 9.18 Å². The van der Waals surface area contributed by atoms with Gasteiger partial charge in [-0.25, -0.2) is 4.39 Å². The largest absolute Gasteiger partial charge is 0.292 e. The zero-order chi connectivity index (χ0) is 8.15. The average Bonchev–Trinajstić information content (AvgIpc) is 1.90. The number of Topliss-reactive ketones (excluding diaryl/α,β-unsaturated/α-hetero) is 1. The number of carbonyl (C=O) groups excluding carboxylic acids is 1. The molecule has 0 spiro atoms. The number of rotatable bonds is 3. The van der Waals surface area contributed by atoms with Crippen LogP contribution < -0.4 is 0 Å². The summed E-state index contributed by atoms with van der Waals surface area (Å²) >= 11 is 2.51. The van der Waals surface area contributed by atoms with Gasteiger partial charge >= 0.3 is 0 Å². The number of halogens is 1. The van der Waals surface area contributed by atoms with Crippen molar-refractivity contribution in [1.82, 2.24) is 0 Å². The standard InChI is InChI=1S/C6H9FOS2/c1-4(8)5(7)6(9-2)10-3/h1-3H3. The van der Waals surface area contributed by atoms with Crippen molar-refractivity contribution in [2.45, 2.75) is 6.92 Å². The van der Waals surface area contributed by atoms with Crippen LogP contribution in [0.25, 0.3) is 0 Å². The van der Waals surface area contributed by atoms with E-state index in [0.29, 0.717) is 4.24 Å². The number of ketones is 1. The Morgan fingerprint density at radius 1 is 1.30 bits per heavy atom. The number of carbonyl (C=O) groups is 1. The van der Waals surface area contributed by atoms with E-state index in [0.717, 1.165) is 0 Å². The van der Waals surface area contributed by atoms with E-state index in [4.69, 9.17) is 0 Å². The fraction of sp³-hybridized carbons (Fsp3) is 0.500. The average molecular weight is 180 g/mol. The molecule has 0 bridgehead atoms.